The van der Waals surface area contributed by atoms with Crippen LogP contribution in [0, 0.1) is 27.7 Å². The number of benzene rings is 1. The Labute approximate surface area is 205 Å². The second-order valence-electron chi connectivity index (χ2n) is 9.34. The lowest BCUT2D eigenvalue weighted by molar-refractivity contribution is -0.115. The van der Waals surface area contributed by atoms with Gasteiger partial charge in [0.2, 0.25) is 5.91 Å². The molecule has 1 amide bonds. The summed E-state index contributed by atoms with van der Waals surface area (Å²) in [5.41, 5.74) is 6.31. The van der Waals surface area contributed by atoms with E-state index in [0.717, 1.165) is 57.9 Å². The molecule has 1 aliphatic rings. The van der Waals surface area contributed by atoms with Crippen molar-refractivity contribution in [2.24, 2.45) is 0 Å². The largest absolute Gasteiger partial charge is 0.371 e. The van der Waals surface area contributed by atoms with Crippen molar-refractivity contribution < 1.29 is 4.79 Å². The Hall–Kier alpha value is -3.81. The highest BCUT2D eigenvalue weighted by molar-refractivity contribution is 6.06. The number of fused-ring (bicyclic) bond motifs is 1. The molecule has 0 bridgehead atoms. The van der Waals surface area contributed by atoms with Crippen molar-refractivity contribution in [2.45, 2.75) is 53.4 Å². The summed E-state index contributed by atoms with van der Waals surface area (Å²) in [6.45, 7) is 9.88. The van der Waals surface area contributed by atoms with Crippen molar-refractivity contribution >= 4 is 28.1 Å². The van der Waals surface area contributed by atoms with E-state index in [-0.39, 0.29) is 12.3 Å². The highest BCUT2D eigenvalue weighted by atomic mass is 16.1. The van der Waals surface area contributed by atoms with E-state index < -0.39 is 0 Å². The lowest BCUT2D eigenvalue weighted by atomic mass is 10.0. The van der Waals surface area contributed by atoms with Crippen LogP contribution in [0.25, 0.3) is 16.7 Å². The van der Waals surface area contributed by atoms with Crippen molar-refractivity contribution in [2.75, 3.05) is 23.3 Å². The summed E-state index contributed by atoms with van der Waals surface area (Å²) in [6, 6.07) is 8.09. The van der Waals surface area contributed by atoms with Gasteiger partial charge in [0.15, 0.2) is 0 Å². The van der Waals surface area contributed by atoms with Crippen LogP contribution in [0.4, 0.5) is 11.4 Å². The Morgan fingerprint density at radius 2 is 1.71 bits per heavy atom. The minimum absolute atomic E-state index is 0.0898. The van der Waals surface area contributed by atoms with Gasteiger partial charge in [-0.25, -0.2) is 14.6 Å². The highest BCUT2D eigenvalue weighted by Gasteiger charge is 2.19. The van der Waals surface area contributed by atoms with Crippen LogP contribution in [0.3, 0.4) is 0 Å². The molecule has 0 unspecified atom stereocenters. The van der Waals surface area contributed by atoms with Gasteiger partial charge in [-0.2, -0.15) is 5.10 Å². The zero-order valence-electron chi connectivity index (χ0n) is 20.8. The molecule has 0 radical (unpaired) electrons. The monoisotopic (exact) mass is 469 g/mol. The summed E-state index contributed by atoms with van der Waals surface area (Å²) >= 11 is 0. The van der Waals surface area contributed by atoms with E-state index in [1.807, 2.05) is 58.3 Å². The van der Waals surface area contributed by atoms with E-state index in [9.17, 15) is 4.79 Å². The Morgan fingerprint density at radius 3 is 2.46 bits per heavy atom. The maximum atomic E-state index is 13.2. The van der Waals surface area contributed by atoms with Gasteiger partial charge in [-0.1, -0.05) is 0 Å². The highest BCUT2D eigenvalue weighted by Crippen LogP contribution is 2.33. The Morgan fingerprint density at radius 1 is 0.971 bits per heavy atom. The number of pyridine rings is 1. The van der Waals surface area contributed by atoms with Crippen LogP contribution in [-0.4, -0.2) is 43.7 Å². The number of carbonyl (C=O) groups is 1. The number of aryl methyl sites for hydroxylation is 3. The van der Waals surface area contributed by atoms with E-state index in [1.54, 1.807) is 4.68 Å². The second kappa shape index (κ2) is 9.44. The van der Waals surface area contributed by atoms with Crippen LogP contribution >= 0.6 is 0 Å². The zero-order chi connectivity index (χ0) is 24.5. The van der Waals surface area contributed by atoms with E-state index in [2.05, 4.69) is 36.3 Å². The van der Waals surface area contributed by atoms with Gasteiger partial charge in [0.05, 0.1) is 17.8 Å². The molecule has 1 N–H and O–H groups in total. The first-order valence-electron chi connectivity index (χ1n) is 12.2. The second-order valence-corrected chi connectivity index (χ2v) is 9.34. The molecule has 0 aliphatic carbocycles. The van der Waals surface area contributed by atoms with Crippen LogP contribution in [0.2, 0.25) is 0 Å². The number of aromatic nitrogens is 5. The van der Waals surface area contributed by atoms with Crippen molar-refractivity contribution in [3.05, 3.63) is 65.0 Å². The molecule has 4 aromatic rings. The Kier molecular flexibility index (Phi) is 6.19. The Bertz CT molecular complexity index is 1380. The molecule has 0 atom stereocenters. The molecule has 1 aromatic carbocycles. The van der Waals surface area contributed by atoms with Gasteiger partial charge in [-0.15, -0.1) is 0 Å². The van der Waals surface area contributed by atoms with E-state index in [0.29, 0.717) is 5.95 Å². The molecule has 1 fully saturated rings. The molecule has 3 aromatic heterocycles. The van der Waals surface area contributed by atoms with Crippen LogP contribution in [-0.2, 0) is 11.2 Å². The molecular formula is C27H31N7O. The summed E-state index contributed by atoms with van der Waals surface area (Å²) in [4.78, 5) is 29.0. The quantitative estimate of drug-likeness (QED) is 0.459. The third kappa shape index (κ3) is 4.60. The van der Waals surface area contributed by atoms with Gasteiger partial charge in [0.25, 0.3) is 5.95 Å². The lowest BCUT2D eigenvalue weighted by Gasteiger charge is -2.30. The molecule has 0 spiro atoms. The number of nitrogens with one attached hydrogen (secondary N) is 1. The normalized spacial score (nSPS) is 13.9. The van der Waals surface area contributed by atoms with Crippen molar-refractivity contribution in [1.29, 1.82) is 0 Å². The van der Waals surface area contributed by atoms with E-state index in [4.69, 9.17) is 0 Å². The van der Waals surface area contributed by atoms with Gasteiger partial charge in [-0.3, -0.25) is 9.78 Å². The number of hydrogen-bond acceptors (Lipinski definition) is 6. The number of rotatable bonds is 5. The number of amides is 1. The number of carbonyl (C=O) groups excluding carboxylic acids is 1. The molecule has 4 heterocycles. The van der Waals surface area contributed by atoms with Crippen LogP contribution in [0.15, 0.2) is 36.7 Å². The zero-order valence-corrected chi connectivity index (χ0v) is 20.8. The average molecular weight is 470 g/mol. The predicted molar refractivity (Wildman–Crippen MR) is 138 cm³/mol. The topological polar surface area (TPSA) is 88.8 Å². The number of anilines is 2. The third-order valence-corrected chi connectivity index (χ3v) is 6.70. The fourth-order valence-corrected chi connectivity index (χ4v) is 4.98. The summed E-state index contributed by atoms with van der Waals surface area (Å²) < 4.78 is 1.73. The molecule has 1 saturated heterocycles. The fraction of sp³-hybridized carbons (Fsp3) is 0.370. The standard InChI is InChI=1S/C27H31N7O/c1-17-14-18(2)30-27(29-17)34-20(4)22(19(3)32-34)15-26(35)31-24-8-9-25(33-12-6-5-7-13-33)21-10-11-28-16-23(21)24/h8-11,14,16H,5-7,12-13,15H2,1-4H3,(H,31,35). The van der Waals surface area contributed by atoms with Crippen molar-refractivity contribution in [1.82, 2.24) is 24.7 Å². The van der Waals surface area contributed by atoms with Gasteiger partial charge < -0.3 is 10.2 Å². The summed E-state index contributed by atoms with van der Waals surface area (Å²) in [7, 11) is 0. The van der Waals surface area contributed by atoms with Crippen molar-refractivity contribution in [3.8, 4) is 5.95 Å². The molecule has 5 rings (SSSR count). The van der Waals surface area contributed by atoms with Gasteiger partial charge in [0.1, 0.15) is 0 Å². The molecule has 8 nitrogen and oxygen atoms in total. The molecule has 180 valence electrons. The number of nitrogens with zero attached hydrogens (tertiary/aromatic N) is 6. The van der Waals surface area contributed by atoms with Crippen LogP contribution in [0.5, 0.6) is 0 Å². The molecule has 8 heteroatoms. The molecule has 1 aliphatic heterocycles. The minimum atomic E-state index is -0.0898. The third-order valence-electron chi connectivity index (χ3n) is 6.70. The first-order valence-corrected chi connectivity index (χ1v) is 12.2. The predicted octanol–water partition coefficient (Wildman–Crippen LogP) is 4.62. The maximum absolute atomic E-state index is 13.2. The van der Waals surface area contributed by atoms with Crippen LogP contribution in [0.1, 0.15) is 47.6 Å². The van der Waals surface area contributed by atoms with Gasteiger partial charge in [-0.05, 0) is 71.2 Å². The van der Waals surface area contributed by atoms with Crippen molar-refractivity contribution in [3.63, 3.8) is 0 Å². The van der Waals surface area contributed by atoms with Crippen LogP contribution < -0.4 is 10.2 Å². The summed E-state index contributed by atoms with van der Waals surface area (Å²) in [5.74, 6) is 0.438. The maximum Gasteiger partial charge on any atom is 0.251 e. The number of hydrogen-bond donors (Lipinski definition) is 1. The smallest absolute Gasteiger partial charge is 0.251 e. The lowest BCUT2D eigenvalue weighted by Crippen LogP contribution is -2.29. The first-order chi connectivity index (χ1) is 16.9. The summed E-state index contributed by atoms with van der Waals surface area (Å²) in [5, 5.41) is 9.82. The summed E-state index contributed by atoms with van der Waals surface area (Å²) in [6.07, 6.45) is 7.59. The molecule has 0 saturated carbocycles. The fourth-order valence-electron chi connectivity index (χ4n) is 4.98. The van der Waals surface area contributed by atoms with E-state index >= 15 is 0 Å². The SMILES string of the molecule is Cc1cc(C)nc(-n2nc(C)c(CC(=O)Nc3ccc(N4CCCCC4)c4ccncc34)c2C)n1. The molecule has 35 heavy (non-hydrogen) atoms. The number of piperidine rings is 1. The van der Waals surface area contributed by atoms with Gasteiger partial charge in [0, 0.05) is 64.6 Å². The minimum Gasteiger partial charge on any atom is -0.371 e. The van der Waals surface area contributed by atoms with Gasteiger partial charge >= 0.3 is 0 Å². The molecular weight excluding hydrogens is 438 g/mol. The first kappa shape index (κ1) is 23.0. The Balaban J connectivity index is 1.40. The van der Waals surface area contributed by atoms with E-state index in [1.165, 1.54) is 24.9 Å². The average Bonchev–Trinajstić information content (AvgIpc) is 3.12.